The van der Waals surface area contributed by atoms with Crippen LogP contribution in [-0.2, 0) is 13.0 Å². The van der Waals surface area contributed by atoms with Gasteiger partial charge in [0, 0.05) is 44.1 Å². The first-order chi connectivity index (χ1) is 15.6. The predicted molar refractivity (Wildman–Crippen MR) is 118 cm³/mol. The molecule has 0 aliphatic heterocycles. The molecule has 0 bridgehead atoms. The van der Waals surface area contributed by atoms with Gasteiger partial charge in [0.25, 0.3) is 6.43 Å². The Balaban J connectivity index is 2.12. The molecule has 7 nitrogen and oxygen atoms in total. The highest BCUT2D eigenvalue weighted by atomic mass is 19.3. The maximum atomic E-state index is 14.5. The summed E-state index contributed by atoms with van der Waals surface area (Å²) < 4.78 is 51.0. The van der Waals surface area contributed by atoms with Crippen molar-refractivity contribution in [3.63, 3.8) is 0 Å². The Hall–Kier alpha value is -3.53. The number of hydrogen-bond donors (Lipinski definition) is 1. The number of nitrogens with two attached hydrogens (primary N) is 1. The molecule has 10 heteroatoms. The maximum absolute atomic E-state index is 14.5. The molecular weight excluding hydrogens is 439 g/mol. The number of alkyl halides is 2. The average Bonchev–Trinajstić information content (AvgIpc) is 2.72. The van der Waals surface area contributed by atoms with E-state index in [9.17, 15) is 22.8 Å². The molecule has 2 aromatic carbocycles. The Bertz CT molecular complexity index is 1230. The Kier molecular flexibility index (Phi) is 7.27. The Morgan fingerprint density at radius 2 is 1.88 bits per heavy atom. The fourth-order valence-corrected chi connectivity index (χ4v) is 3.40. The Morgan fingerprint density at radius 1 is 1.15 bits per heavy atom. The topological polar surface area (TPSA) is 89.0 Å². The molecule has 0 unspecified atom stereocenters. The number of fused-ring (bicyclic) bond motifs is 1. The van der Waals surface area contributed by atoms with Crippen LogP contribution >= 0.6 is 0 Å². The zero-order chi connectivity index (χ0) is 24.3. The molecular formula is C23H24F3N3O4. The standard InChI is InChI=1S/C23H24F3N3O4/c1-28(2)23(31)32-14-7-8-15-17(11-29(3)12-20(24)25)16(22(30)33-19(15)10-14)9-13-5-4-6-18(27)21(13)26/h4-8,10,20H,9,11-12,27H2,1-3H3. The maximum Gasteiger partial charge on any atom is 0.414 e. The number of hydrogen-bond acceptors (Lipinski definition) is 6. The van der Waals surface area contributed by atoms with Crippen molar-refractivity contribution in [1.82, 2.24) is 9.80 Å². The molecule has 0 spiro atoms. The molecule has 0 saturated heterocycles. The third kappa shape index (κ3) is 5.64. The van der Waals surface area contributed by atoms with Crippen molar-refractivity contribution < 1.29 is 27.1 Å². The molecule has 0 aliphatic rings. The molecule has 2 N–H and O–H groups in total. The zero-order valence-electron chi connectivity index (χ0n) is 18.4. The summed E-state index contributed by atoms with van der Waals surface area (Å²) in [5.41, 5.74) is 5.66. The predicted octanol–water partition coefficient (Wildman–Crippen LogP) is 3.86. The van der Waals surface area contributed by atoms with E-state index in [1.54, 1.807) is 12.1 Å². The van der Waals surface area contributed by atoms with Gasteiger partial charge >= 0.3 is 11.7 Å². The van der Waals surface area contributed by atoms with E-state index >= 15 is 0 Å². The van der Waals surface area contributed by atoms with E-state index in [1.165, 1.54) is 55.2 Å². The molecule has 1 amide bonds. The van der Waals surface area contributed by atoms with Gasteiger partial charge in [-0.25, -0.2) is 22.8 Å². The number of benzene rings is 2. The van der Waals surface area contributed by atoms with E-state index < -0.39 is 30.5 Å². The second-order valence-electron chi connectivity index (χ2n) is 7.85. The van der Waals surface area contributed by atoms with E-state index in [2.05, 4.69) is 0 Å². The molecule has 1 heterocycles. The lowest BCUT2D eigenvalue weighted by Crippen LogP contribution is -2.26. The summed E-state index contributed by atoms with van der Waals surface area (Å²) in [6, 6.07) is 8.90. The molecule has 0 radical (unpaired) electrons. The Labute approximate surface area is 188 Å². The monoisotopic (exact) mass is 463 g/mol. The molecule has 0 atom stereocenters. The van der Waals surface area contributed by atoms with Crippen molar-refractivity contribution in [3.8, 4) is 5.75 Å². The smallest absolute Gasteiger partial charge is 0.414 e. The zero-order valence-corrected chi connectivity index (χ0v) is 18.4. The van der Waals surface area contributed by atoms with Crippen LogP contribution in [0.1, 0.15) is 16.7 Å². The summed E-state index contributed by atoms with van der Waals surface area (Å²) >= 11 is 0. The van der Waals surface area contributed by atoms with Crippen LogP contribution in [0.15, 0.2) is 45.6 Å². The summed E-state index contributed by atoms with van der Waals surface area (Å²) in [4.78, 5) is 27.3. The number of carbonyl (C=O) groups excluding carboxylic acids is 1. The number of ether oxygens (including phenoxy) is 1. The van der Waals surface area contributed by atoms with Crippen molar-refractivity contribution in [3.05, 3.63) is 69.3 Å². The molecule has 0 saturated carbocycles. The number of nitrogens with zero attached hydrogens (tertiary/aromatic N) is 2. The van der Waals surface area contributed by atoms with Crippen LogP contribution in [0.3, 0.4) is 0 Å². The van der Waals surface area contributed by atoms with Gasteiger partial charge in [-0.05, 0) is 36.4 Å². The fourth-order valence-electron chi connectivity index (χ4n) is 3.40. The first-order valence-corrected chi connectivity index (χ1v) is 10.0. The SMILES string of the molecule is CN(Cc1c(Cc2cccc(N)c2F)c(=O)oc2cc(OC(=O)N(C)C)ccc12)CC(F)F. The number of carbonyl (C=O) groups is 1. The third-order valence-corrected chi connectivity index (χ3v) is 5.02. The van der Waals surface area contributed by atoms with Crippen molar-refractivity contribution in [2.45, 2.75) is 19.4 Å². The summed E-state index contributed by atoms with van der Waals surface area (Å²) in [7, 11) is 4.52. The molecule has 3 rings (SSSR count). The Morgan fingerprint density at radius 3 is 2.55 bits per heavy atom. The molecule has 0 aliphatic carbocycles. The minimum atomic E-state index is -2.58. The van der Waals surface area contributed by atoms with Gasteiger partial charge in [0.2, 0.25) is 0 Å². The number of anilines is 1. The van der Waals surface area contributed by atoms with E-state index in [0.29, 0.717) is 10.9 Å². The van der Waals surface area contributed by atoms with Gasteiger partial charge in [-0.2, -0.15) is 0 Å². The van der Waals surface area contributed by atoms with Gasteiger partial charge in [0.15, 0.2) is 0 Å². The average molecular weight is 463 g/mol. The first kappa shape index (κ1) is 24.1. The van der Waals surface area contributed by atoms with E-state index in [0.717, 1.165) is 0 Å². The lowest BCUT2D eigenvalue weighted by molar-refractivity contribution is 0.0975. The highest BCUT2D eigenvalue weighted by Crippen LogP contribution is 2.28. The second-order valence-corrected chi connectivity index (χ2v) is 7.85. The summed E-state index contributed by atoms with van der Waals surface area (Å²) in [5.74, 6) is -0.513. The molecule has 33 heavy (non-hydrogen) atoms. The molecule has 176 valence electrons. The second kappa shape index (κ2) is 9.95. The minimum Gasteiger partial charge on any atom is -0.422 e. The number of rotatable bonds is 7. The summed E-state index contributed by atoms with van der Waals surface area (Å²) in [6.45, 7) is -0.533. The van der Waals surface area contributed by atoms with Crippen LogP contribution in [-0.4, -0.2) is 50.0 Å². The van der Waals surface area contributed by atoms with Crippen LogP contribution in [0.2, 0.25) is 0 Å². The largest absolute Gasteiger partial charge is 0.422 e. The highest BCUT2D eigenvalue weighted by Gasteiger charge is 2.20. The normalized spacial score (nSPS) is 11.4. The van der Waals surface area contributed by atoms with E-state index in [4.69, 9.17) is 14.9 Å². The number of nitrogen functional groups attached to an aromatic ring is 1. The van der Waals surface area contributed by atoms with Crippen LogP contribution in [0.5, 0.6) is 5.75 Å². The molecule has 0 fully saturated rings. The van der Waals surface area contributed by atoms with Crippen LogP contribution in [0.4, 0.5) is 23.7 Å². The first-order valence-electron chi connectivity index (χ1n) is 10.0. The van der Waals surface area contributed by atoms with Gasteiger partial charge in [-0.3, -0.25) is 4.90 Å². The third-order valence-electron chi connectivity index (χ3n) is 5.02. The minimum absolute atomic E-state index is 0.0114. The van der Waals surface area contributed by atoms with Crippen LogP contribution in [0.25, 0.3) is 11.0 Å². The quantitative estimate of drug-likeness (QED) is 0.423. The van der Waals surface area contributed by atoms with E-state index in [-0.39, 0.29) is 41.1 Å². The number of amides is 1. The fraction of sp³-hybridized carbons (Fsp3) is 0.304. The summed E-state index contributed by atoms with van der Waals surface area (Å²) in [6.07, 6.45) is -3.33. The summed E-state index contributed by atoms with van der Waals surface area (Å²) in [5, 5.41) is 0.458. The van der Waals surface area contributed by atoms with Crippen LogP contribution < -0.4 is 16.1 Å². The van der Waals surface area contributed by atoms with E-state index in [1.807, 2.05) is 0 Å². The van der Waals surface area contributed by atoms with Gasteiger partial charge in [0.05, 0.1) is 12.2 Å². The van der Waals surface area contributed by atoms with Crippen molar-refractivity contribution in [2.75, 3.05) is 33.4 Å². The van der Waals surface area contributed by atoms with Crippen molar-refractivity contribution in [1.29, 1.82) is 0 Å². The van der Waals surface area contributed by atoms with Crippen LogP contribution in [0, 0.1) is 5.82 Å². The molecule has 1 aromatic heterocycles. The lowest BCUT2D eigenvalue weighted by atomic mass is 9.97. The molecule has 3 aromatic rings. The van der Waals surface area contributed by atoms with Crippen molar-refractivity contribution >= 4 is 22.7 Å². The van der Waals surface area contributed by atoms with Gasteiger partial charge in [-0.15, -0.1) is 0 Å². The van der Waals surface area contributed by atoms with Crippen molar-refractivity contribution in [2.24, 2.45) is 0 Å². The lowest BCUT2D eigenvalue weighted by Gasteiger charge is -2.20. The van der Waals surface area contributed by atoms with Gasteiger partial charge in [0.1, 0.15) is 17.1 Å². The highest BCUT2D eigenvalue weighted by molar-refractivity contribution is 5.83. The van der Waals surface area contributed by atoms with Gasteiger partial charge < -0.3 is 19.8 Å². The van der Waals surface area contributed by atoms with Gasteiger partial charge in [-0.1, -0.05) is 12.1 Å². The number of halogens is 3.